The predicted octanol–water partition coefficient (Wildman–Crippen LogP) is 6.08. The first-order chi connectivity index (χ1) is 15.4. The van der Waals surface area contributed by atoms with E-state index in [0.717, 1.165) is 21.2 Å². The molecule has 1 N–H and O–H groups in total. The Morgan fingerprint density at radius 1 is 1.06 bits per heavy atom. The standard InChI is InChI=1S/C25H20BrClN2O3/c1-16-6-8-17(9-7-16)14-29-24(30)22(28-25(29)31)13-19-12-20(26)10-11-23(19)32-15-18-4-2-3-5-21(18)27/h2-13H,14-15H2,1H3,(H,28,31)/b22-13+. The molecule has 1 aliphatic heterocycles. The molecule has 0 unspecified atom stereocenters. The van der Waals surface area contributed by atoms with Crippen molar-refractivity contribution in [3.8, 4) is 5.75 Å². The first-order valence-electron chi connectivity index (χ1n) is 9.96. The van der Waals surface area contributed by atoms with Gasteiger partial charge in [0, 0.05) is 20.6 Å². The van der Waals surface area contributed by atoms with Crippen LogP contribution in [0.15, 0.2) is 76.9 Å². The van der Waals surface area contributed by atoms with E-state index >= 15 is 0 Å². The van der Waals surface area contributed by atoms with E-state index in [9.17, 15) is 9.59 Å². The highest BCUT2D eigenvalue weighted by molar-refractivity contribution is 9.10. The van der Waals surface area contributed by atoms with Crippen LogP contribution in [0, 0.1) is 6.92 Å². The molecule has 3 amide bonds. The largest absolute Gasteiger partial charge is 0.488 e. The summed E-state index contributed by atoms with van der Waals surface area (Å²) in [5, 5.41) is 3.29. The minimum absolute atomic E-state index is 0.197. The molecular weight excluding hydrogens is 492 g/mol. The average molecular weight is 512 g/mol. The molecule has 0 atom stereocenters. The second-order valence-electron chi connectivity index (χ2n) is 7.43. The highest BCUT2D eigenvalue weighted by atomic mass is 79.9. The quantitative estimate of drug-likeness (QED) is 0.322. The molecule has 1 saturated heterocycles. The summed E-state index contributed by atoms with van der Waals surface area (Å²) in [4.78, 5) is 26.6. The summed E-state index contributed by atoms with van der Waals surface area (Å²) in [6.45, 7) is 2.47. The minimum atomic E-state index is -0.449. The number of aryl methyl sites for hydroxylation is 1. The van der Waals surface area contributed by atoms with Crippen LogP contribution < -0.4 is 10.1 Å². The maximum atomic E-state index is 12.9. The van der Waals surface area contributed by atoms with Gasteiger partial charge in [-0.1, -0.05) is 75.6 Å². The van der Waals surface area contributed by atoms with Gasteiger partial charge in [-0.15, -0.1) is 0 Å². The maximum absolute atomic E-state index is 12.9. The zero-order valence-corrected chi connectivity index (χ0v) is 19.6. The third kappa shape index (κ3) is 5.03. The number of halogens is 2. The number of ether oxygens (including phenoxy) is 1. The number of benzene rings is 3. The van der Waals surface area contributed by atoms with Gasteiger partial charge in [0.1, 0.15) is 18.1 Å². The van der Waals surface area contributed by atoms with Crippen molar-refractivity contribution in [1.29, 1.82) is 0 Å². The van der Waals surface area contributed by atoms with Crippen molar-refractivity contribution in [3.05, 3.63) is 104 Å². The SMILES string of the molecule is Cc1ccc(CN2C(=O)N/C(=C/c3cc(Br)ccc3OCc3ccccc3Cl)C2=O)cc1. The van der Waals surface area contributed by atoms with Gasteiger partial charge < -0.3 is 10.1 Å². The monoisotopic (exact) mass is 510 g/mol. The molecule has 0 aliphatic carbocycles. The molecule has 1 heterocycles. The zero-order chi connectivity index (χ0) is 22.7. The van der Waals surface area contributed by atoms with Crippen molar-refractivity contribution in [2.24, 2.45) is 0 Å². The van der Waals surface area contributed by atoms with Crippen molar-refractivity contribution in [3.63, 3.8) is 0 Å². The lowest BCUT2D eigenvalue weighted by molar-refractivity contribution is -0.123. The molecule has 0 spiro atoms. The normalized spacial score (nSPS) is 14.7. The van der Waals surface area contributed by atoms with Crippen LogP contribution in [0.1, 0.15) is 22.3 Å². The van der Waals surface area contributed by atoms with Gasteiger partial charge in [0.25, 0.3) is 5.91 Å². The Hall–Kier alpha value is -3.09. The summed E-state index contributed by atoms with van der Waals surface area (Å²) >= 11 is 9.68. The van der Waals surface area contributed by atoms with Gasteiger partial charge in [-0.25, -0.2) is 4.79 Å². The number of rotatable bonds is 6. The summed E-state index contributed by atoms with van der Waals surface area (Å²) in [7, 11) is 0. The van der Waals surface area contributed by atoms with Crippen molar-refractivity contribution >= 4 is 45.5 Å². The van der Waals surface area contributed by atoms with Gasteiger partial charge >= 0.3 is 6.03 Å². The van der Waals surface area contributed by atoms with E-state index in [2.05, 4.69) is 21.2 Å². The van der Waals surface area contributed by atoms with E-state index in [0.29, 0.717) is 16.3 Å². The summed E-state index contributed by atoms with van der Waals surface area (Å²) < 4.78 is 6.80. The van der Waals surface area contributed by atoms with Crippen LogP contribution in [0.3, 0.4) is 0 Å². The minimum Gasteiger partial charge on any atom is -0.488 e. The predicted molar refractivity (Wildman–Crippen MR) is 128 cm³/mol. The maximum Gasteiger partial charge on any atom is 0.329 e. The van der Waals surface area contributed by atoms with Crippen LogP contribution in [0.2, 0.25) is 5.02 Å². The van der Waals surface area contributed by atoms with Gasteiger partial charge in [0.2, 0.25) is 0 Å². The second-order valence-corrected chi connectivity index (χ2v) is 8.75. The van der Waals surface area contributed by atoms with E-state index in [-0.39, 0.29) is 24.8 Å². The fourth-order valence-electron chi connectivity index (χ4n) is 3.28. The number of nitrogens with zero attached hydrogens (tertiary/aromatic N) is 1. The van der Waals surface area contributed by atoms with Crippen LogP contribution >= 0.6 is 27.5 Å². The fourth-order valence-corrected chi connectivity index (χ4v) is 3.85. The summed E-state index contributed by atoms with van der Waals surface area (Å²) in [5.74, 6) is 0.187. The van der Waals surface area contributed by atoms with E-state index < -0.39 is 6.03 Å². The van der Waals surface area contributed by atoms with Crippen LogP contribution in [0.4, 0.5) is 4.79 Å². The first kappa shape index (κ1) is 22.1. The third-order valence-corrected chi connectivity index (χ3v) is 5.90. The zero-order valence-electron chi connectivity index (χ0n) is 17.3. The molecular formula is C25H20BrClN2O3. The van der Waals surface area contributed by atoms with Crippen LogP contribution in [0.5, 0.6) is 5.75 Å². The van der Waals surface area contributed by atoms with Crippen LogP contribution in [0.25, 0.3) is 6.08 Å². The van der Waals surface area contributed by atoms with Gasteiger partial charge in [-0.05, 0) is 42.8 Å². The number of hydrogen-bond donors (Lipinski definition) is 1. The van der Waals surface area contributed by atoms with E-state index in [1.165, 1.54) is 4.90 Å². The molecule has 0 bridgehead atoms. The summed E-state index contributed by atoms with van der Waals surface area (Å²) in [5.41, 5.74) is 3.71. The van der Waals surface area contributed by atoms with E-state index in [1.807, 2.05) is 61.5 Å². The molecule has 3 aromatic rings. The highest BCUT2D eigenvalue weighted by Gasteiger charge is 2.33. The fraction of sp³-hybridized carbons (Fsp3) is 0.120. The number of urea groups is 1. The van der Waals surface area contributed by atoms with Crippen LogP contribution in [-0.4, -0.2) is 16.8 Å². The molecule has 4 rings (SSSR count). The lowest BCUT2D eigenvalue weighted by atomic mass is 10.1. The van der Waals surface area contributed by atoms with Gasteiger partial charge in [-0.2, -0.15) is 0 Å². The van der Waals surface area contributed by atoms with Crippen molar-refractivity contribution in [1.82, 2.24) is 10.2 Å². The molecule has 1 fully saturated rings. The van der Waals surface area contributed by atoms with Gasteiger partial charge in [0.15, 0.2) is 0 Å². The van der Waals surface area contributed by atoms with Crippen molar-refractivity contribution in [2.75, 3.05) is 0 Å². The smallest absolute Gasteiger partial charge is 0.329 e. The number of nitrogens with one attached hydrogen (secondary N) is 1. The van der Waals surface area contributed by atoms with E-state index in [4.69, 9.17) is 16.3 Å². The number of carbonyl (C=O) groups excluding carboxylic acids is 2. The Kier molecular flexibility index (Phi) is 6.63. The number of amides is 3. The van der Waals surface area contributed by atoms with Crippen LogP contribution in [-0.2, 0) is 17.9 Å². The van der Waals surface area contributed by atoms with E-state index in [1.54, 1.807) is 18.2 Å². The van der Waals surface area contributed by atoms with Crippen molar-refractivity contribution < 1.29 is 14.3 Å². The number of hydrogen-bond acceptors (Lipinski definition) is 3. The molecule has 32 heavy (non-hydrogen) atoms. The van der Waals surface area contributed by atoms with Gasteiger partial charge in [0.05, 0.1) is 6.54 Å². The lowest BCUT2D eigenvalue weighted by Gasteiger charge is -2.12. The Bertz CT molecular complexity index is 1210. The lowest BCUT2D eigenvalue weighted by Crippen LogP contribution is -2.30. The molecule has 0 radical (unpaired) electrons. The third-order valence-electron chi connectivity index (χ3n) is 5.04. The first-order valence-corrected chi connectivity index (χ1v) is 11.1. The molecule has 7 heteroatoms. The van der Waals surface area contributed by atoms with Crippen molar-refractivity contribution in [2.45, 2.75) is 20.1 Å². The Morgan fingerprint density at radius 3 is 2.56 bits per heavy atom. The molecule has 5 nitrogen and oxygen atoms in total. The topological polar surface area (TPSA) is 58.6 Å². The molecule has 0 aromatic heterocycles. The molecule has 1 aliphatic rings. The summed E-state index contributed by atoms with van der Waals surface area (Å²) in [6.07, 6.45) is 1.63. The Balaban J connectivity index is 1.55. The summed E-state index contributed by atoms with van der Waals surface area (Å²) in [6, 6.07) is 20.2. The number of imide groups is 1. The Morgan fingerprint density at radius 2 is 1.81 bits per heavy atom. The second kappa shape index (κ2) is 9.59. The number of carbonyl (C=O) groups is 2. The highest BCUT2D eigenvalue weighted by Crippen LogP contribution is 2.28. The molecule has 162 valence electrons. The van der Waals surface area contributed by atoms with Gasteiger partial charge in [-0.3, -0.25) is 9.69 Å². The Labute approximate surface area is 199 Å². The molecule has 0 saturated carbocycles. The molecule has 3 aromatic carbocycles. The average Bonchev–Trinajstić information content (AvgIpc) is 3.03.